The fourth-order valence-corrected chi connectivity index (χ4v) is 3.54. The van der Waals surface area contributed by atoms with Crippen LogP contribution >= 0.6 is 0 Å². The summed E-state index contributed by atoms with van der Waals surface area (Å²) in [4.78, 5) is 12.5. The first kappa shape index (κ1) is 14.9. The van der Waals surface area contributed by atoms with E-state index < -0.39 is 10.0 Å². The molecule has 0 spiro atoms. The minimum Gasteiger partial charge on any atom is -0.244 e. The Morgan fingerprint density at radius 2 is 1.91 bits per heavy atom. The number of hydrogen-bond acceptors (Lipinski definition) is 5. The van der Waals surface area contributed by atoms with E-state index in [0.29, 0.717) is 25.1 Å². The molecule has 0 radical (unpaired) electrons. The summed E-state index contributed by atoms with van der Waals surface area (Å²) in [7, 11) is -3.26. The Bertz CT molecular complexity index is 812. The van der Waals surface area contributed by atoms with Crippen LogP contribution < -0.4 is 5.69 Å². The van der Waals surface area contributed by atoms with Crippen molar-refractivity contribution in [2.24, 2.45) is 0 Å². The van der Waals surface area contributed by atoms with Crippen molar-refractivity contribution < 1.29 is 8.42 Å². The molecular weight excluding hydrogens is 306 g/mol. The number of rotatable bonds is 3. The molecular formula is C13H17N5O3S. The maximum atomic E-state index is 12.5. The first-order valence-corrected chi connectivity index (χ1v) is 8.87. The van der Waals surface area contributed by atoms with Crippen molar-refractivity contribution in [1.82, 2.24) is 24.1 Å². The topological polar surface area (TPSA) is 90.1 Å². The predicted molar refractivity (Wildman–Crippen MR) is 80.3 cm³/mol. The zero-order valence-electron chi connectivity index (χ0n) is 12.2. The molecule has 1 aliphatic rings. The third-order valence-electron chi connectivity index (χ3n) is 3.78. The molecule has 22 heavy (non-hydrogen) atoms. The number of aromatic nitrogens is 4. The zero-order chi connectivity index (χ0) is 15.7. The van der Waals surface area contributed by atoms with Gasteiger partial charge in [-0.05, 0) is 35.4 Å². The van der Waals surface area contributed by atoms with E-state index in [1.165, 1.54) is 19.9 Å². The molecule has 0 unspecified atom stereocenters. The molecule has 0 aliphatic carbocycles. The lowest BCUT2D eigenvalue weighted by molar-refractivity contribution is 0.248. The van der Waals surface area contributed by atoms with Crippen molar-refractivity contribution in [2.45, 2.75) is 18.9 Å². The molecule has 8 nitrogen and oxygen atoms in total. The molecule has 1 saturated heterocycles. The van der Waals surface area contributed by atoms with E-state index in [0.717, 1.165) is 0 Å². The summed E-state index contributed by atoms with van der Waals surface area (Å²) < 4.78 is 27.2. The van der Waals surface area contributed by atoms with Crippen molar-refractivity contribution in [3.63, 3.8) is 0 Å². The van der Waals surface area contributed by atoms with E-state index in [1.54, 1.807) is 12.1 Å². The number of para-hydroxylation sites is 1. The molecule has 3 rings (SSSR count). The quantitative estimate of drug-likeness (QED) is 0.794. The monoisotopic (exact) mass is 323 g/mol. The van der Waals surface area contributed by atoms with Crippen molar-refractivity contribution in [3.05, 3.63) is 40.8 Å². The average molecular weight is 323 g/mol. The van der Waals surface area contributed by atoms with Crippen LogP contribution in [0.2, 0.25) is 0 Å². The summed E-state index contributed by atoms with van der Waals surface area (Å²) in [6.07, 6.45) is 2.58. The Kier molecular flexibility index (Phi) is 3.83. The van der Waals surface area contributed by atoms with E-state index in [9.17, 15) is 13.2 Å². The van der Waals surface area contributed by atoms with Crippen LogP contribution in [0, 0.1) is 0 Å². The minimum atomic E-state index is -3.26. The molecule has 0 bridgehead atoms. The lowest BCUT2D eigenvalue weighted by atomic mass is 10.1. The molecule has 1 atom stereocenters. The molecule has 2 heterocycles. The highest BCUT2D eigenvalue weighted by atomic mass is 32.2. The van der Waals surface area contributed by atoms with Gasteiger partial charge in [-0.3, -0.25) is 0 Å². The first-order valence-electron chi connectivity index (χ1n) is 7.02. The van der Waals surface area contributed by atoms with Gasteiger partial charge in [0.1, 0.15) is 0 Å². The molecule has 118 valence electrons. The minimum absolute atomic E-state index is 0.256. The second-order valence-corrected chi connectivity index (χ2v) is 7.35. The van der Waals surface area contributed by atoms with Crippen LogP contribution in [-0.4, -0.2) is 51.9 Å². The standard InChI is InChI=1S/C13H17N5O3S/c1-22(20,21)16-9-5-8-12(10-16)18-13(19)17(14-15-18)11-6-3-2-4-7-11/h2-4,6-7,12H,5,8-10H2,1H3/t12-/m0/s1. The van der Waals surface area contributed by atoms with Gasteiger partial charge in [0.2, 0.25) is 10.0 Å². The Morgan fingerprint density at radius 3 is 2.59 bits per heavy atom. The number of nitrogens with zero attached hydrogens (tertiary/aromatic N) is 5. The molecule has 0 N–H and O–H groups in total. The molecule has 1 aliphatic heterocycles. The molecule has 1 fully saturated rings. The van der Waals surface area contributed by atoms with E-state index in [1.807, 2.05) is 18.2 Å². The summed E-state index contributed by atoms with van der Waals surface area (Å²) in [6.45, 7) is 0.739. The van der Waals surface area contributed by atoms with Gasteiger partial charge in [-0.25, -0.2) is 17.5 Å². The molecule has 2 aromatic rings. The van der Waals surface area contributed by atoms with E-state index >= 15 is 0 Å². The van der Waals surface area contributed by atoms with Crippen LogP contribution in [0.1, 0.15) is 18.9 Å². The highest BCUT2D eigenvalue weighted by molar-refractivity contribution is 7.88. The summed E-state index contributed by atoms with van der Waals surface area (Å²) in [5.41, 5.74) is 0.279. The van der Waals surface area contributed by atoms with Crippen LogP contribution in [0.5, 0.6) is 0 Å². The normalized spacial score (nSPS) is 20.1. The van der Waals surface area contributed by atoms with Crippen LogP contribution in [0.4, 0.5) is 0 Å². The van der Waals surface area contributed by atoms with Gasteiger partial charge in [0.25, 0.3) is 0 Å². The molecule has 1 aromatic heterocycles. The maximum absolute atomic E-state index is 12.5. The van der Waals surface area contributed by atoms with Crippen LogP contribution in [0.3, 0.4) is 0 Å². The molecule has 0 saturated carbocycles. The highest BCUT2D eigenvalue weighted by Gasteiger charge is 2.29. The maximum Gasteiger partial charge on any atom is 0.368 e. The number of benzene rings is 1. The Balaban J connectivity index is 1.90. The van der Waals surface area contributed by atoms with Gasteiger partial charge < -0.3 is 0 Å². The fraction of sp³-hybridized carbons (Fsp3) is 0.462. The molecule has 9 heteroatoms. The van der Waals surface area contributed by atoms with Gasteiger partial charge in [0.05, 0.1) is 18.0 Å². The smallest absolute Gasteiger partial charge is 0.244 e. The summed E-state index contributed by atoms with van der Waals surface area (Å²) >= 11 is 0. The number of piperidine rings is 1. The van der Waals surface area contributed by atoms with Crippen molar-refractivity contribution in [3.8, 4) is 5.69 Å². The van der Waals surface area contributed by atoms with Crippen LogP contribution in [-0.2, 0) is 10.0 Å². The number of tetrazole rings is 1. The summed E-state index contributed by atoms with van der Waals surface area (Å²) in [5, 5.41) is 7.83. The van der Waals surface area contributed by atoms with Crippen molar-refractivity contribution in [1.29, 1.82) is 0 Å². The summed E-state index contributed by atoms with van der Waals surface area (Å²) in [5.74, 6) is 0. The highest BCUT2D eigenvalue weighted by Crippen LogP contribution is 2.21. The average Bonchev–Trinajstić information content (AvgIpc) is 2.89. The van der Waals surface area contributed by atoms with Crippen LogP contribution in [0.15, 0.2) is 35.1 Å². The number of hydrogen-bond donors (Lipinski definition) is 0. The number of sulfonamides is 1. The largest absolute Gasteiger partial charge is 0.368 e. The van der Waals surface area contributed by atoms with E-state index in [2.05, 4.69) is 10.4 Å². The van der Waals surface area contributed by atoms with Gasteiger partial charge >= 0.3 is 5.69 Å². The lowest BCUT2D eigenvalue weighted by Crippen LogP contribution is -2.42. The Hall–Kier alpha value is -2.00. The third kappa shape index (κ3) is 2.81. The van der Waals surface area contributed by atoms with Gasteiger partial charge in [0.15, 0.2) is 0 Å². The zero-order valence-corrected chi connectivity index (χ0v) is 13.0. The molecule has 1 aromatic carbocycles. The second-order valence-electron chi connectivity index (χ2n) is 5.37. The van der Waals surface area contributed by atoms with Crippen molar-refractivity contribution in [2.75, 3.05) is 19.3 Å². The van der Waals surface area contributed by atoms with E-state index in [-0.39, 0.29) is 18.3 Å². The third-order valence-corrected chi connectivity index (χ3v) is 5.05. The van der Waals surface area contributed by atoms with Gasteiger partial charge in [-0.2, -0.15) is 9.36 Å². The molecule has 0 amide bonds. The predicted octanol–water partition coefficient (Wildman–Crippen LogP) is 0.0255. The van der Waals surface area contributed by atoms with E-state index in [4.69, 9.17) is 0 Å². The second kappa shape index (κ2) is 5.65. The van der Waals surface area contributed by atoms with Gasteiger partial charge in [-0.1, -0.05) is 18.2 Å². The van der Waals surface area contributed by atoms with Gasteiger partial charge in [-0.15, -0.1) is 0 Å². The first-order chi connectivity index (χ1) is 10.5. The van der Waals surface area contributed by atoms with Crippen molar-refractivity contribution >= 4 is 10.0 Å². The SMILES string of the molecule is CS(=O)(=O)N1CCC[C@H](n2nnn(-c3ccccc3)c2=O)C1. The Labute approximate surface area is 128 Å². The fourth-order valence-electron chi connectivity index (χ4n) is 2.64. The summed E-state index contributed by atoms with van der Waals surface area (Å²) in [6, 6.07) is 8.73. The van der Waals surface area contributed by atoms with Crippen LogP contribution in [0.25, 0.3) is 5.69 Å². The van der Waals surface area contributed by atoms with Gasteiger partial charge in [0, 0.05) is 13.1 Å². The Morgan fingerprint density at radius 1 is 1.18 bits per heavy atom. The lowest BCUT2D eigenvalue weighted by Gasteiger charge is -2.29.